The van der Waals surface area contributed by atoms with Gasteiger partial charge in [0.2, 0.25) is 0 Å². The molecule has 0 saturated carbocycles. The first-order valence-electron chi connectivity index (χ1n) is 8.39. The molecule has 27 heavy (non-hydrogen) atoms. The van der Waals surface area contributed by atoms with Crippen molar-refractivity contribution in [1.82, 2.24) is 4.90 Å². The summed E-state index contributed by atoms with van der Waals surface area (Å²) in [6.45, 7) is -0.0542. The standard InChI is InChI=1S/C19H17N3O5/c20-11-13-4-1-5-14(10-13)21-17(23)12-27-19(25)15-6-2-8-22(15)18(24)16-7-3-9-26-16/h1,3-5,7,9-10,15H,2,6,8,12H2,(H,21,23)/t15-/m0/s1. The Bertz CT molecular complexity index is 885. The van der Waals surface area contributed by atoms with Crippen LogP contribution in [-0.2, 0) is 14.3 Å². The van der Waals surface area contributed by atoms with Gasteiger partial charge in [0.1, 0.15) is 6.04 Å². The molecule has 1 N–H and O–H groups in total. The molecule has 1 aromatic carbocycles. The van der Waals surface area contributed by atoms with Gasteiger partial charge in [-0.1, -0.05) is 6.07 Å². The van der Waals surface area contributed by atoms with E-state index in [9.17, 15) is 14.4 Å². The molecule has 0 unspecified atom stereocenters. The van der Waals surface area contributed by atoms with E-state index in [2.05, 4.69) is 5.32 Å². The maximum atomic E-state index is 12.4. The molecule has 8 heteroatoms. The number of nitriles is 1. The van der Waals surface area contributed by atoms with Crippen LogP contribution in [0.1, 0.15) is 29.0 Å². The summed E-state index contributed by atoms with van der Waals surface area (Å²) in [7, 11) is 0. The number of rotatable bonds is 5. The number of nitrogens with zero attached hydrogens (tertiary/aromatic N) is 2. The van der Waals surface area contributed by atoms with Crippen LogP contribution in [0.25, 0.3) is 0 Å². The smallest absolute Gasteiger partial charge is 0.329 e. The van der Waals surface area contributed by atoms with E-state index in [4.69, 9.17) is 14.4 Å². The molecule has 1 aliphatic heterocycles. The fourth-order valence-electron chi connectivity index (χ4n) is 2.89. The minimum Gasteiger partial charge on any atom is -0.459 e. The molecule has 3 rings (SSSR count). The van der Waals surface area contributed by atoms with E-state index in [1.165, 1.54) is 23.3 Å². The van der Waals surface area contributed by atoms with Crippen LogP contribution in [0, 0.1) is 11.3 Å². The van der Waals surface area contributed by atoms with Gasteiger partial charge in [0, 0.05) is 12.2 Å². The van der Waals surface area contributed by atoms with Crippen LogP contribution in [0.5, 0.6) is 0 Å². The normalized spacial score (nSPS) is 15.8. The number of ether oxygens (including phenoxy) is 1. The van der Waals surface area contributed by atoms with E-state index in [1.807, 2.05) is 6.07 Å². The van der Waals surface area contributed by atoms with Gasteiger partial charge in [-0.2, -0.15) is 5.26 Å². The van der Waals surface area contributed by atoms with Crippen molar-refractivity contribution in [2.24, 2.45) is 0 Å². The average molecular weight is 367 g/mol. The Labute approximate surface area is 155 Å². The molecule has 138 valence electrons. The fourth-order valence-corrected chi connectivity index (χ4v) is 2.89. The lowest BCUT2D eigenvalue weighted by Gasteiger charge is -2.22. The molecule has 1 aliphatic rings. The van der Waals surface area contributed by atoms with Crippen molar-refractivity contribution in [3.63, 3.8) is 0 Å². The van der Waals surface area contributed by atoms with Crippen molar-refractivity contribution in [3.05, 3.63) is 54.0 Å². The fraction of sp³-hybridized carbons (Fsp3) is 0.263. The lowest BCUT2D eigenvalue weighted by Crippen LogP contribution is -2.42. The van der Waals surface area contributed by atoms with Crippen molar-refractivity contribution in [3.8, 4) is 6.07 Å². The van der Waals surface area contributed by atoms with Crippen molar-refractivity contribution in [1.29, 1.82) is 5.26 Å². The molecule has 0 aliphatic carbocycles. The summed E-state index contributed by atoms with van der Waals surface area (Å²) >= 11 is 0. The van der Waals surface area contributed by atoms with E-state index >= 15 is 0 Å². The van der Waals surface area contributed by atoms with Gasteiger partial charge in [-0.25, -0.2) is 4.79 Å². The summed E-state index contributed by atoms with van der Waals surface area (Å²) in [5, 5.41) is 11.4. The maximum absolute atomic E-state index is 12.4. The zero-order valence-electron chi connectivity index (χ0n) is 14.4. The largest absolute Gasteiger partial charge is 0.459 e. The Balaban J connectivity index is 1.54. The number of carbonyl (C=O) groups excluding carboxylic acids is 3. The number of amides is 2. The molecular formula is C19H17N3O5. The number of nitrogens with one attached hydrogen (secondary N) is 1. The van der Waals surface area contributed by atoms with E-state index in [1.54, 1.807) is 24.3 Å². The van der Waals surface area contributed by atoms with Crippen molar-refractivity contribution in [2.75, 3.05) is 18.5 Å². The van der Waals surface area contributed by atoms with Crippen LogP contribution in [0.3, 0.4) is 0 Å². The topological polar surface area (TPSA) is 113 Å². The van der Waals surface area contributed by atoms with Gasteiger partial charge in [0.25, 0.3) is 11.8 Å². The summed E-state index contributed by atoms with van der Waals surface area (Å²) < 4.78 is 10.2. The number of benzene rings is 1. The molecule has 2 heterocycles. The average Bonchev–Trinajstić information content (AvgIpc) is 3.37. The summed E-state index contributed by atoms with van der Waals surface area (Å²) in [6, 6.07) is 10.8. The molecule has 1 aromatic heterocycles. The maximum Gasteiger partial charge on any atom is 0.329 e. The first-order valence-corrected chi connectivity index (χ1v) is 8.39. The molecular weight excluding hydrogens is 350 g/mol. The minimum absolute atomic E-state index is 0.157. The van der Waals surface area contributed by atoms with Gasteiger partial charge >= 0.3 is 5.97 Å². The van der Waals surface area contributed by atoms with Crippen LogP contribution < -0.4 is 5.32 Å². The quantitative estimate of drug-likeness (QED) is 0.808. The van der Waals surface area contributed by atoms with E-state index in [-0.39, 0.29) is 11.7 Å². The zero-order chi connectivity index (χ0) is 19.2. The number of esters is 1. The van der Waals surface area contributed by atoms with Gasteiger partial charge in [0.15, 0.2) is 12.4 Å². The second-order valence-corrected chi connectivity index (χ2v) is 5.98. The molecule has 8 nitrogen and oxygen atoms in total. The van der Waals surface area contributed by atoms with Crippen LogP contribution in [0.4, 0.5) is 5.69 Å². The molecule has 2 aromatic rings. The van der Waals surface area contributed by atoms with Gasteiger partial charge in [-0.3, -0.25) is 9.59 Å². The predicted molar refractivity (Wildman–Crippen MR) is 93.5 cm³/mol. The number of hydrogen-bond acceptors (Lipinski definition) is 6. The van der Waals surface area contributed by atoms with E-state index in [0.717, 1.165) is 0 Å². The Kier molecular flexibility index (Phi) is 5.52. The summed E-state index contributed by atoms with van der Waals surface area (Å²) in [4.78, 5) is 38.1. The highest BCUT2D eigenvalue weighted by Crippen LogP contribution is 2.21. The molecule has 0 spiro atoms. The van der Waals surface area contributed by atoms with Crippen LogP contribution >= 0.6 is 0 Å². The first kappa shape index (κ1) is 18.2. The summed E-state index contributed by atoms with van der Waals surface area (Å²) in [5.41, 5.74) is 0.841. The predicted octanol–water partition coefficient (Wildman–Crippen LogP) is 1.94. The lowest BCUT2D eigenvalue weighted by atomic mass is 10.2. The van der Waals surface area contributed by atoms with Gasteiger partial charge in [-0.15, -0.1) is 0 Å². The molecule has 2 amide bonds. The number of hydrogen-bond donors (Lipinski definition) is 1. The third-order valence-corrected chi connectivity index (χ3v) is 4.14. The second kappa shape index (κ2) is 8.19. The van der Waals surface area contributed by atoms with E-state index < -0.39 is 24.5 Å². The Morgan fingerprint density at radius 2 is 2.15 bits per heavy atom. The minimum atomic E-state index is -0.739. The zero-order valence-corrected chi connectivity index (χ0v) is 14.4. The monoisotopic (exact) mass is 367 g/mol. The van der Waals surface area contributed by atoms with Crippen LogP contribution in [0.2, 0.25) is 0 Å². The Hall–Kier alpha value is -3.60. The third kappa shape index (κ3) is 4.33. The molecule has 1 fully saturated rings. The Morgan fingerprint density at radius 1 is 1.30 bits per heavy atom. The summed E-state index contributed by atoms with van der Waals surface area (Å²) in [5.74, 6) is -1.38. The van der Waals surface area contributed by atoms with Gasteiger partial charge in [-0.05, 0) is 43.2 Å². The molecule has 0 radical (unpaired) electrons. The van der Waals surface area contributed by atoms with Crippen molar-refractivity contribution >= 4 is 23.5 Å². The number of carbonyl (C=O) groups is 3. The summed E-state index contributed by atoms with van der Waals surface area (Å²) in [6.07, 6.45) is 2.53. The molecule has 1 saturated heterocycles. The highest BCUT2D eigenvalue weighted by molar-refractivity contribution is 5.96. The molecule has 0 bridgehead atoms. The SMILES string of the molecule is N#Cc1cccc(NC(=O)COC(=O)[C@@H]2CCCN2C(=O)c2ccco2)c1. The molecule has 1 atom stereocenters. The van der Waals surface area contributed by atoms with Crippen LogP contribution in [0.15, 0.2) is 47.1 Å². The second-order valence-electron chi connectivity index (χ2n) is 5.98. The highest BCUT2D eigenvalue weighted by atomic mass is 16.5. The number of anilines is 1. The number of likely N-dealkylation sites (tertiary alicyclic amines) is 1. The third-order valence-electron chi connectivity index (χ3n) is 4.14. The number of furan rings is 1. The van der Waals surface area contributed by atoms with Gasteiger partial charge in [0.05, 0.1) is 17.9 Å². The van der Waals surface area contributed by atoms with Gasteiger partial charge < -0.3 is 19.4 Å². The van der Waals surface area contributed by atoms with Crippen molar-refractivity contribution < 1.29 is 23.5 Å². The van der Waals surface area contributed by atoms with E-state index in [0.29, 0.717) is 30.6 Å². The lowest BCUT2D eigenvalue weighted by molar-refractivity contribution is -0.151. The first-order chi connectivity index (χ1) is 13.1. The van der Waals surface area contributed by atoms with Crippen molar-refractivity contribution in [2.45, 2.75) is 18.9 Å². The van der Waals surface area contributed by atoms with Crippen LogP contribution in [-0.4, -0.2) is 41.9 Å². The Morgan fingerprint density at radius 3 is 2.89 bits per heavy atom. The highest BCUT2D eigenvalue weighted by Gasteiger charge is 2.36.